The average molecular weight is 292 g/mol. The molecule has 1 aromatic carbocycles. The van der Waals surface area contributed by atoms with Crippen LogP contribution in [0.3, 0.4) is 0 Å². The Kier molecular flexibility index (Phi) is 4.95. The summed E-state index contributed by atoms with van der Waals surface area (Å²) in [7, 11) is 0. The molecule has 110 valence electrons. The van der Waals surface area contributed by atoms with Gasteiger partial charge >= 0.3 is 18.3 Å². The summed E-state index contributed by atoms with van der Waals surface area (Å²) in [5.41, 5.74) is -0.427. The highest BCUT2D eigenvalue weighted by atomic mass is 19.4. The topological polar surface area (TPSA) is 72.8 Å². The molecule has 0 bridgehead atoms. The van der Waals surface area contributed by atoms with E-state index >= 15 is 0 Å². The third-order valence-corrected chi connectivity index (χ3v) is 2.09. The van der Waals surface area contributed by atoms with E-state index in [1.54, 1.807) is 6.92 Å². The molecule has 5 nitrogen and oxygen atoms in total. The van der Waals surface area contributed by atoms with Crippen LogP contribution < -0.4 is 9.47 Å². The van der Waals surface area contributed by atoms with Crippen molar-refractivity contribution in [1.29, 1.82) is 0 Å². The summed E-state index contributed by atoms with van der Waals surface area (Å²) in [4.78, 5) is 22.2. The fourth-order valence-corrected chi connectivity index (χ4v) is 1.34. The molecule has 1 aromatic rings. The van der Waals surface area contributed by atoms with E-state index in [1.165, 1.54) is 0 Å². The van der Waals surface area contributed by atoms with E-state index in [4.69, 9.17) is 9.84 Å². The molecule has 0 aliphatic rings. The zero-order chi connectivity index (χ0) is 15.3. The summed E-state index contributed by atoms with van der Waals surface area (Å²) >= 11 is 0. The van der Waals surface area contributed by atoms with Gasteiger partial charge in [0.15, 0.2) is 0 Å². The van der Waals surface area contributed by atoms with E-state index < -0.39 is 35.4 Å². The van der Waals surface area contributed by atoms with Crippen molar-refractivity contribution in [3.05, 3.63) is 23.8 Å². The van der Waals surface area contributed by atoms with Crippen LogP contribution >= 0.6 is 0 Å². The zero-order valence-corrected chi connectivity index (χ0v) is 10.4. The Hall–Kier alpha value is -2.25. The predicted molar refractivity (Wildman–Crippen MR) is 60.6 cm³/mol. The normalized spacial score (nSPS) is 11.0. The highest BCUT2D eigenvalue weighted by Crippen LogP contribution is 2.29. The van der Waals surface area contributed by atoms with E-state index in [-0.39, 0.29) is 6.42 Å². The number of rotatable bonds is 5. The minimum atomic E-state index is -4.92. The molecule has 0 amide bonds. The third-order valence-electron chi connectivity index (χ3n) is 2.09. The first-order chi connectivity index (χ1) is 9.23. The van der Waals surface area contributed by atoms with Gasteiger partial charge in [0.2, 0.25) is 0 Å². The van der Waals surface area contributed by atoms with Crippen LogP contribution in [0.1, 0.15) is 30.1 Å². The van der Waals surface area contributed by atoms with Gasteiger partial charge in [-0.15, -0.1) is 13.2 Å². The monoisotopic (exact) mass is 292 g/mol. The lowest BCUT2D eigenvalue weighted by Crippen LogP contribution is -2.17. The number of benzene rings is 1. The number of esters is 1. The number of carbonyl (C=O) groups excluding carboxylic acids is 1. The van der Waals surface area contributed by atoms with Crippen molar-refractivity contribution in [3.8, 4) is 11.5 Å². The van der Waals surface area contributed by atoms with E-state index in [0.717, 1.165) is 12.1 Å². The molecule has 0 saturated carbocycles. The predicted octanol–water partition coefficient (Wildman–Crippen LogP) is 2.99. The first-order valence-electron chi connectivity index (χ1n) is 5.56. The lowest BCUT2D eigenvalue weighted by atomic mass is 10.2. The van der Waals surface area contributed by atoms with Gasteiger partial charge in [-0.1, -0.05) is 6.92 Å². The third kappa shape index (κ3) is 4.79. The molecule has 8 heteroatoms. The smallest absolute Gasteiger partial charge is 0.478 e. The number of hydrogen-bond donors (Lipinski definition) is 1. The molecule has 1 N–H and O–H groups in total. The van der Waals surface area contributed by atoms with Crippen LogP contribution in [0.2, 0.25) is 0 Å². The number of halogens is 3. The SMILES string of the molecule is CCCC(=O)Oc1cc(OC(F)(F)F)ccc1C(=O)O. The molecule has 0 spiro atoms. The Bertz CT molecular complexity index is 510. The first-order valence-corrected chi connectivity index (χ1v) is 5.56. The lowest BCUT2D eigenvalue weighted by molar-refractivity contribution is -0.274. The minimum absolute atomic E-state index is 0.0173. The Morgan fingerprint density at radius 1 is 1.30 bits per heavy atom. The van der Waals surface area contributed by atoms with Crippen LogP contribution in [0.15, 0.2) is 18.2 Å². The highest BCUT2D eigenvalue weighted by Gasteiger charge is 2.31. The second-order valence-electron chi connectivity index (χ2n) is 3.73. The molecule has 0 aliphatic heterocycles. The van der Waals surface area contributed by atoms with Crippen LogP contribution in [0.4, 0.5) is 13.2 Å². The van der Waals surface area contributed by atoms with Gasteiger partial charge in [0.05, 0.1) is 0 Å². The van der Waals surface area contributed by atoms with Crippen molar-refractivity contribution < 1.29 is 37.3 Å². The van der Waals surface area contributed by atoms with Gasteiger partial charge in [-0.3, -0.25) is 4.79 Å². The van der Waals surface area contributed by atoms with Crippen molar-refractivity contribution >= 4 is 11.9 Å². The largest absolute Gasteiger partial charge is 0.573 e. The number of ether oxygens (including phenoxy) is 2. The second-order valence-corrected chi connectivity index (χ2v) is 3.73. The summed E-state index contributed by atoms with van der Waals surface area (Å²) in [5, 5.41) is 8.88. The van der Waals surface area contributed by atoms with Gasteiger partial charge in [0.1, 0.15) is 17.1 Å². The summed E-state index contributed by atoms with van der Waals surface area (Å²) in [6, 6.07) is 2.41. The van der Waals surface area contributed by atoms with Crippen molar-refractivity contribution in [2.75, 3.05) is 0 Å². The maximum Gasteiger partial charge on any atom is 0.573 e. The Morgan fingerprint density at radius 2 is 1.95 bits per heavy atom. The molecule has 0 aromatic heterocycles. The fraction of sp³-hybridized carbons (Fsp3) is 0.333. The van der Waals surface area contributed by atoms with Gasteiger partial charge in [-0.05, 0) is 18.6 Å². The molecule has 0 radical (unpaired) electrons. The van der Waals surface area contributed by atoms with Gasteiger partial charge < -0.3 is 14.6 Å². The molecule has 0 atom stereocenters. The van der Waals surface area contributed by atoms with Crippen LogP contribution in [-0.4, -0.2) is 23.4 Å². The standard InChI is InChI=1S/C12H11F3O5/c1-2-3-10(16)19-9-6-7(20-12(13,14)15)4-5-8(9)11(17)18/h4-6H,2-3H2,1H3,(H,17,18). The number of carbonyl (C=O) groups is 2. The number of alkyl halides is 3. The molecule has 1 rings (SSSR count). The zero-order valence-electron chi connectivity index (χ0n) is 10.4. The van der Waals surface area contributed by atoms with E-state index in [9.17, 15) is 22.8 Å². The van der Waals surface area contributed by atoms with Crippen molar-refractivity contribution in [1.82, 2.24) is 0 Å². The molecular formula is C12H11F3O5. The summed E-state index contributed by atoms with van der Waals surface area (Å²) in [6.07, 6.45) is -4.45. The van der Waals surface area contributed by atoms with Crippen LogP contribution in [0.25, 0.3) is 0 Å². The summed E-state index contributed by atoms with van der Waals surface area (Å²) in [5.74, 6) is -3.32. The Morgan fingerprint density at radius 3 is 2.45 bits per heavy atom. The highest BCUT2D eigenvalue weighted by molar-refractivity contribution is 5.92. The van der Waals surface area contributed by atoms with E-state index in [2.05, 4.69) is 4.74 Å². The average Bonchev–Trinajstić information content (AvgIpc) is 2.26. The number of hydrogen-bond acceptors (Lipinski definition) is 4. The summed E-state index contributed by atoms with van der Waals surface area (Å²) in [6.45, 7) is 1.70. The number of carboxylic acids is 1. The molecular weight excluding hydrogens is 281 g/mol. The molecule has 0 unspecified atom stereocenters. The number of carboxylic acid groups (broad SMARTS) is 1. The molecule has 20 heavy (non-hydrogen) atoms. The second kappa shape index (κ2) is 6.27. The minimum Gasteiger partial charge on any atom is -0.478 e. The fourth-order valence-electron chi connectivity index (χ4n) is 1.34. The summed E-state index contributed by atoms with van der Waals surface area (Å²) < 4.78 is 44.6. The lowest BCUT2D eigenvalue weighted by Gasteiger charge is -2.12. The Labute approximate surface area is 111 Å². The van der Waals surface area contributed by atoms with Gasteiger partial charge in [0, 0.05) is 12.5 Å². The van der Waals surface area contributed by atoms with Crippen LogP contribution in [0.5, 0.6) is 11.5 Å². The Balaban J connectivity index is 3.06. The van der Waals surface area contributed by atoms with Crippen molar-refractivity contribution in [3.63, 3.8) is 0 Å². The van der Waals surface area contributed by atoms with Gasteiger partial charge in [0.25, 0.3) is 0 Å². The quantitative estimate of drug-likeness (QED) is 0.667. The maximum absolute atomic E-state index is 12.1. The van der Waals surface area contributed by atoms with Crippen molar-refractivity contribution in [2.45, 2.75) is 26.1 Å². The molecule has 0 fully saturated rings. The van der Waals surface area contributed by atoms with Gasteiger partial charge in [-0.2, -0.15) is 0 Å². The number of aromatic carboxylic acids is 1. The van der Waals surface area contributed by atoms with E-state index in [1.807, 2.05) is 0 Å². The maximum atomic E-state index is 12.1. The molecule has 0 heterocycles. The molecule has 0 aliphatic carbocycles. The first kappa shape index (κ1) is 15.8. The van der Waals surface area contributed by atoms with Gasteiger partial charge in [-0.25, -0.2) is 4.79 Å². The van der Waals surface area contributed by atoms with Crippen LogP contribution in [-0.2, 0) is 4.79 Å². The van der Waals surface area contributed by atoms with Crippen molar-refractivity contribution in [2.24, 2.45) is 0 Å². The van der Waals surface area contributed by atoms with Crippen LogP contribution in [0, 0.1) is 0 Å². The van der Waals surface area contributed by atoms with E-state index in [0.29, 0.717) is 12.5 Å². The molecule has 0 saturated heterocycles.